The molecule has 0 spiro atoms. The molecule has 0 saturated heterocycles. The van der Waals surface area contributed by atoms with E-state index in [2.05, 4.69) is 6.92 Å². The number of hydrogen-bond donors (Lipinski definition) is 3. The second-order valence-electron chi connectivity index (χ2n) is 4.73. The van der Waals surface area contributed by atoms with Crippen LogP contribution >= 0.6 is 0 Å². The van der Waals surface area contributed by atoms with Crippen LogP contribution in [0.1, 0.15) is 71.6 Å². The summed E-state index contributed by atoms with van der Waals surface area (Å²) < 4.78 is 0. The highest BCUT2D eigenvalue weighted by Crippen LogP contribution is 2.13. The highest BCUT2D eigenvalue weighted by molar-refractivity contribution is 4.50. The van der Waals surface area contributed by atoms with Crippen LogP contribution in [0.4, 0.5) is 0 Å². The molecule has 0 radical (unpaired) electrons. The normalized spacial score (nSPS) is 13.2. The second-order valence-corrected chi connectivity index (χ2v) is 4.73. The van der Waals surface area contributed by atoms with Gasteiger partial charge in [-0.25, -0.2) is 0 Å². The monoisotopic (exact) mass is 269 g/mol. The minimum Gasteiger partial charge on any atom is -1.00 e. The van der Waals surface area contributed by atoms with Crippen LogP contribution in [0.25, 0.3) is 0 Å². The SMILES string of the molecule is CCCCCCCCCCC(C)[N+](O)(O)O.[Cl-]. The van der Waals surface area contributed by atoms with Crippen molar-refractivity contribution in [2.75, 3.05) is 0 Å². The van der Waals surface area contributed by atoms with Crippen molar-refractivity contribution in [3.63, 3.8) is 0 Å². The predicted molar refractivity (Wildman–Crippen MR) is 62.3 cm³/mol. The fourth-order valence-corrected chi connectivity index (χ4v) is 1.75. The van der Waals surface area contributed by atoms with Crippen molar-refractivity contribution >= 4 is 0 Å². The molecule has 0 amide bonds. The summed E-state index contributed by atoms with van der Waals surface area (Å²) in [6, 6.07) is -0.528. The lowest BCUT2D eigenvalue weighted by Gasteiger charge is -2.18. The Morgan fingerprint density at radius 3 is 1.65 bits per heavy atom. The third kappa shape index (κ3) is 12.4. The van der Waals surface area contributed by atoms with Crippen molar-refractivity contribution in [1.82, 2.24) is 0 Å². The lowest BCUT2D eigenvalue weighted by atomic mass is 10.1. The molecule has 0 rings (SSSR count). The van der Waals surface area contributed by atoms with Gasteiger partial charge in [0.1, 0.15) is 0 Å². The zero-order valence-corrected chi connectivity index (χ0v) is 11.9. The smallest absolute Gasteiger partial charge is 0.184 e. The molecule has 0 aromatic rings. The highest BCUT2D eigenvalue weighted by atomic mass is 35.5. The Morgan fingerprint density at radius 2 is 1.24 bits per heavy atom. The number of nitrogens with zero attached hydrogens (tertiary/aromatic N) is 1. The fraction of sp³-hybridized carbons (Fsp3) is 1.00. The molecule has 0 saturated carbocycles. The lowest BCUT2D eigenvalue weighted by molar-refractivity contribution is -1.38. The zero-order chi connectivity index (χ0) is 12.4. The van der Waals surface area contributed by atoms with Gasteiger partial charge in [-0.3, -0.25) is 0 Å². The molecule has 0 aromatic carbocycles. The van der Waals surface area contributed by atoms with Crippen LogP contribution in [-0.4, -0.2) is 26.6 Å². The van der Waals surface area contributed by atoms with Crippen LogP contribution in [0.5, 0.6) is 0 Å². The molecule has 5 heteroatoms. The maximum Gasteiger partial charge on any atom is 0.184 e. The number of quaternary nitrogens is 1. The van der Waals surface area contributed by atoms with Crippen LogP contribution in [0.3, 0.4) is 0 Å². The summed E-state index contributed by atoms with van der Waals surface area (Å²) >= 11 is 0. The van der Waals surface area contributed by atoms with E-state index >= 15 is 0 Å². The molecule has 0 aliphatic rings. The molecule has 1 unspecified atom stereocenters. The Balaban J connectivity index is 0. The topological polar surface area (TPSA) is 60.7 Å². The maximum atomic E-state index is 8.83. The van der Waals surface area contributed by atoms with E-state index < -0.39 is 11.0 Å². The predicted octanol–water partition coefficient (Wildman–Crippen LogP) is 0.894. The molecular weight excluding hydrogens is 242 g/mol. The molecule has 0 aromatic heterocycles. The average molecular weight is 270 g/mol. The van der Waals surface area contributed by atoms with Crippen molar-refractivity contribution in [3.05, 3.63) is 0 Å². The number of unbranched alkanes of at least 4 members (excludes halogenated alkanes) is 7. The van der Waals surface area contributed by atoms with Crippen LogP contribution in [0.15, 0.2) is 0 Å². The van der Waals surface area contributed by atoms with Crippen molar-refractivity contribution in [3.8, 4) is 0 Å². The maximum absolute atomic E-state index is 8.83. The first-order chi connectivity index (χ1) is 7.48. The Kier molecular flexibility index (Phi) is 12.9. The van der Waals surface area contributed by atoms with Gasteiger partial charge < -0.3 is 12.4 Å². The van der Waals surface area contributed by atoms with E-state index in [1.54, 1.807) is 6.92 Å². The van der Waals surface area contributed by atoms with Crippen LogP contribution in [0, 0.1) is 0 Å². The van der Waals surface area contributed by atoms with Crippen molar-refractivity contribution in [1.29, 1.82) is 0 Å². The Morgan fingerprint density at radius 1 is 0.824 bits per heavy atom. The molecule has 1 atom stereocenters. The van der Waals surface area contributed by atoms with Crippen LogP contribution in [0.2, 0.25) is 0 Å². The summed E-state index contributed by atoms with van der Waals surface area (Å²) in [6.07, 6.45) is 10.4. The molecule has 106 valence electrons. The highest BCUT2D eigenvalue weighted by Gasteiger charge is 2.28. The molecule has 3 N–H and O–H groups in total. The number of halogens is 1. The fourth-order valence-electron chi connectivity index (χ4n) is 1.75. The average Bonchev–Trinajstić information content (AvgIpc) is 2.20. The first kappa shape index (κ1) is 19.5. The number of rotatable bonds is 10. The van der Waals surface area contributed by atoms with Crippen molar-refractivity contribution in [2.24, 2.45) is 0 Å². The third-order valence-corrected chi connectivity index (χ3v) is 3.07. The molecule has 0 heterocycles. The van der Waals surface area contributed by atoms with Gasteiger partial charge in [0, 0.05) is 6.42 Å². The van der Waals surface area contributed by atoms with Gasteiger partial charge in [-0.05, 0) is 13.3 Å². The lowest BCUT2D eigenvalue weighted by Crippen LogP contribution is -3.00. The molecule has 4 nitrogen and oxygen atoms in total. The van der Waals surface area contributed by atoms with Gasteiger partial charge in [-0.2, -0.15) is 0 Å². The van der Waals surface area contributed by atoms with E-state index in [4.69, 9.17) is 15.6 Å². The van der Waals surface area contributed by atoms with Crippen molar-refractivity contribution < 1.29 is 33.0 Å². The van der Waals surface area contributed by atoms with Crippen LogP contribution < -0.4 is 12.4 Å². The second kappa shape index (κ2) is 11.2. The first-order valence-corrected chi connectivity index (χ1v) is 6.55. The molecular formula is C12H28ClNO3. The Bertz CT molecular complexity index is 162. The molecule has 0 fully saturated rings. The van der Waals surface area contributed by atoms with Gasteiger partial charge in [-0.15, -0.1) is 15.6 Å². The van der Waals surface area contributed by atoms with Gasteiger partial charge in [0.2, 0.25) is 0 Å². The molecule has 0 aliphatic carbocycles. The largest absolute Gasteiger partial charge is 1.00 e. The standard InChI is InChI=1S/C12H28NO3.ClH/c1-3-4-5-6-7-8-9-10-11-12(2)13(14,15)16;/h12,14-16H,3-11H2,1-2H3;1H/q+1;/p-1. The van der Waals surface area contributed by atoms with Gasteiger partial charge in [-0.1, -0.05) is 51.9 Å². The number of hydroxylamine groups is 3. The summed E-state index contributed by atoms with van der Waals surface area (Å²) in [7, 11) is 0. The van der Waals surface area contributed by atoms with Crippen LogP contribution in [-0.2, 0) is 0 Å². The first-order valence-electron chi connectivity index (χ1n) is 6.55. The van der Waals surface area contributed by atoms with E-state index in [0.717, 1.165) is 12.8 Å². The third-order valence-electron chi connectivity index (χ3n) is 3.07. The van der Waals surface area contributed by atoms with E-state index in [-0.39, 0.29) is 12.4 Å². The summed E-state index contributed by atoms with van der Waals surface area (Å²) in [5, 5.41) is 26.5. The molecule has 0 bridgehead atoms. The Hall–Kier alpha value is 0.130. The molecule has 17 heavy (non-hydrogen) atoms. The summed E-state index contributed by atoms with van der Waals surface area (Å²) in [4.78, 5) is -1.89. The summed E-state index contributed by atoms with van der Waals surface area (Å²) in [6.45, 7) is 3.84. The van der Waals surface area contributed by atoms with Gasteiger partial charge >= 0.3 is 0 Å². The zero-order valence-electron chi connectivity index (χ0n) is 11.1. The van der Waals surface area contributed by atoms with E-state index in [1.165, 1.54) is 38.5 Å². The van der Waals surface area contributed by atoms with Crippen molar-refractivity contribution in [2.45, 2.75) is 77.7 Å². The minimum absolute atomic E-state index is 0. The van der Waals surface area contributed by atoms with E-state index in [9.17, 15) is 0 Å². The van der Waals surface area contributed by atoms with Gasteiger partial charge in [0.05, 0.1) is 4.97 Å². The quantitative estimate of drug-likeness (QED) is 0.314. The van der Waals surface area contributed by atoms with Gasteiger partial charge in [0.25, 0.3) is 0 Å². The van der Waals surface area contributed by atoms with Gasteiger partial charge in [0.15, 0.2) is 6.04 Å². The summed E-state index contributed by atoms with van der Waals surface area (Å²) in [5.41, 5.74) is 0. The van der Waals surface area contributed by atoms with E-state index in [1.807, 2.05) is 0 Å². The number of hydrogen-bond acceptors (Lipinski definition) is 3. The minimum atomic E-state index is -1.89. The van der Waals surface area contributed by atoms with E-state index in [0.29, 0.717) is 6.42 Å². The molecule has 0 aliphatic heterocycles. The Labute approximate surface area is 111 Å². The summed E-state index contributed by atoms with van der Waals surface area (Å²) in [5.74, 6) is 0.